The Morgan fingerprint density at radius 3 is 2.12 bits per heavy atom. The lowest BCUT2D eigenvalue weighted by molar-refractivity contribution is -0.143. The number of rotatable bonds is 4. The number of anilines is 1. The second kappa shape index (κ2) is 6.56. The van der Waals surface area contributed by atoms with Gasteiger partial charge in [0.1, 0.15) is 0 Å². The first kappa shape index (κ1) is 16.4. The number of imide groups is 2. The molecule has 7 heteroatoms. The summed E-state index contributed by atoms with van der Waals surface area (Å²) in [6, 6.07) is 14.9. The normalized spacial score (nSPS) is 14.2. The highest BCUT2D eigenvalue weighted by Crippen LogP contribution is 2.16. The molecule has 7 nitrogen and oxygen atoms in total. The predicted molar refractivity (Wildman–Crippen MR) is 89.6 cm³/mol. The van der Waals surface area contributed by atoms with Gasteiger partial charge in [-0.25, -0.2) is 4.79 Å². The van der Waals surface area contributed by atoms with Crippen molar-refractivity contribution in [3.05, 3.63) is 65.7 Å². The number of carbonyl (C=O) groups excluding carboxylic acids is 4. The average Bonchev–Trinajstić information content (AvgIpc) is 2.81. The molecule has 1 heterocycles. The number of nitrogens with zero attached hydrogens (tertiary/aromatic N) is 2. The zero-order chi connectivity index (χ0) is 18.0. The van der Waals surface area contributed by atoms with Gasteiger partial charge in [-0.1, -0.05) is 30.3 Å². The predicted octanol–water partition coefficient (Wildman–Crippen LogP) is 1.86. The number of para-hydroxylation sites is 1. The third-order valence-corrected chi connectivity index (χ3v) is 3.84. The van der Waals surface area contributed by atoms with E-state index in [4.69, 9.17) is 0 Å². The van der Waals surface area contributed by atoms with Crippen LogP contribution in [-0.4, -0.2) is 40.6 Å². The van der Waals surface area contributed by atoms with Crippen LogP contribution in [0.1, 0.15) is 15.9 Å². The number of hydrogen-bond acceptors (Lipinski definition) is 4. The number of urea groups is 1. The van der Waals surface area contributed by atoms with Gasteiger partial charge >= 0.3 is 17.8 Å². The molecule has 2 aromatic carbocycles. The van der Waals surface area contributed by atoms with Crippen LogP contribution in [0, 0.1) is 0 Å². The monoisotopic (exact) mass is 337 g/mol. The fraction of sp³-hybridized carbons (Fsp3) is 0.111. The summed E-state index contributed by atoms with van der Waals surface area (Å²) >= 11 is 0. The lowest BCUT2D eigenvalue weighted by Crippen LogP contribution is -2.31. The highest BCUT2D eigenvalue weighted by molar-refractivity contribution is 6.44. The van der Waals surface area contributed by atoms with Crippen LogP contribution in [0.15, 0.2) is 54.6 Å². The van der Waals surface area contributed by atoms with E-state index in [1.54, 1.807) is 36.4 Å². The lowest BCUT2D eigenvalue weighted by Gasteiger charge is -2.13. The first-order chi connectivity index (χ1) is 12.0. The summed E-state index contributed by atoms with van der Waals surface area (Å²) in [5, 5.41) is 2.77. The number of amides is 5. The van der Waals surface area contributed by atoms with Gasteiger partial charge in [-0.3, -0.25) is 24.2 Å². The van der Waals surface area contributed by atoms with Gasteiger partial charge in [-0.05, 0) is 29.8 Å². The highest BCUT2D eigenvalue weighted by Gasteiger charge is 2.41. The van der Waals surface area contributed by atoms with E-state index in [0.717, 1.165) is 9.80 Å². The first-order valence-corrected chi connectivity index (χ1v) is 7.56. The van der Waals surface area contributed by atoms with E-state index >= 15 is 0 Å². The Hall–Kier alpha value is -3.48. The van der Waals surface area contributed by atoms with Gasteiger partial charge in [-0.2, -0.15) is 0 Å². The number of hydrogen-bond donors (Lipinski definition) is 1. The van der Waals surface area contributed by atoms with E-state index in [1.807, 2.05) is 18.2 Å². The molecule has 0 bridgehead atoms. The molecular weight excluding hydrogens is 322 g/mol. The van der Waals surface area contributed by atoms with Crippen LogP contribution in [0.2, 0.25) is 0 Å². The van der Waals surface area contributed by atoms with Crippen LogP contribution in [0.3, 0.4) is 0 Å². The molecule has 0 aromatic heterocycles. The second-order valence-electron chi connectivity index (χ2n) is 5.56. The van der Waals surface area contributed by atoms with Crippen LogP contribution < -0.4 is 5.32 Å². The van der Waals surface area contributed by atoms with E-state index in [9.17, 15) is 19.2 Å². The minimum absolute atomic E-state index is 0.0195. The van der Waals surface area contributed by atoms with Gasteiger partial charge < -0.3 is 5.32 Å². The highest BCUT2D eigenvalue weighted by atomic mass is 16.2. The molecule has 3 rings (SSSR count). The van der Waals surface area contributed by atoms with Gasteiger partial charge in [0, 0.05) is 18.3 Å². The molecule has 0 atom stereocenters. The van der Waals surface area contributed by atoms with Crippen molar-refractivity contribution in [1.82, 2.24) is 9.80 Å². The zero-order valence-electron chi connectivity index (χ0n) is 13.4. The molecule has 0 unspecified atom stereocenters. The molecule has 0 spiro atoms. The maximum atomic E-state index is 12.2. The fourth-order valence-corrected chi connectivity index (χ4v) is 2.42. The van der Waals surface area contributed by atoms with Crippen molar-refractivity contribution in [2.24, 2.45) is 0 Å². The summed E-state index contributed by atoms with van der Waals surface area (Å²) in [6.07, 6.45) is 0. The van der Waals surface area contributed by atoms with Crippen molar-refractivity contribution < 1.29 is 19.2 Å². The Kier molecular flexibility index (Phi) is 4.30. The minimum atomic E-state index is -0.849. The van der Waals surface area contributed by atoms with Crippen LogP contribution in [0.4, 0.5) is 10.5 Å². The van der Waals surface area contributed by atoms with Crippen molar-refractivity contribution in [1.29, 1.82) is 0 Å². The maximum Gasteiger partial charge on any atom is 0.334 e. The van der Waals surface area contributed by atoms with Gasteiger partial charge in [0.2, 0.25) is 0 Å². The largest absolute Gasteiger partial charge is 0.334 e. The molecule has 126 valence electrons. The molecule has 5 amide bonds. The molecule has 0 radical (unpaired) electrons. The Morgan fingerprint density at radius 2 is 1.56 bits per heavy atom. The van der Waals surface area contributed by atoms with Gasteiger partial charge in [0.05, 0.1) is 6.54 Å². The van der Waals surface area contributed by atoms with E-state index < -0.39 is 17.8 Å². The lowest BCUT2D eigenvalue weighted by atomic mass is 10.1. The summed E-state index contributed by atoms with van der Waals surface area (Å²) in [4.78, 5) is 48.9. The van der Waals surface area contributed by atoms with E-state index in [0.29, 0.717) is 16.8 Å². The summed E-state index contributed by atoms with van der Waals surface area (Å²) in [7, 11) is 1.26. The molecule has 1 fully saturated rings. The van der Waals surface area contributed by atoms with E-state index in [-0.39, 0.29) is 12.5 Å². The van der Waals surface area contributed by atoms with Gasteiger partial charge in [-0.15, -0.1) is 0 Å². The molecule has 2 aromatic rings. The molecule has 0 aliphatic carbocycles. The van der Waals surface area contributed by atoms with Crippen molar-refractivity contribution in [3.8, 4) is 0 Å². The molecule has 1 saturated heterocycles. The second-order valence-corrected chi connectivity index (χ2v) is 5.56. The molecule has 1 N–H and O–H groups in total. The topological polar surface area (TPSA) is 86.8 Å². The standard InChI is InChI=1S/C18H15N3O4/c1-20-16(23)17(24)21(18(20)25)11-12-7-9-13(10-8-12)15(22)19-14-5-3-2-4-6-14/h2-10H,11H2,1H3,(H,19,22). The Labute approximate surface area is 143 Å². The van der Waals surface area contributed by atoms with Crippen molar-refractivity contribution in [2.75, 3.05) is 12.4 Å². The average molecular weight is 337 g/mol. The molecule has 25 heavy (non-hydrogen) atoms. The third kappa shape index (κ3) is 3.25. The number of benzene rings is 2. The van der Waals surface area contributed by atoms with Gasteiger partial charge in [0.15, 0.2) is 0 Å². The smallest absolute Gasteiger partial charge is 0.322 e. The summed E-state index contributed by atoms with van der Waals surface area (Å²) < 4.78 is 0. The summed E-state index contributed by atoms with van der Waals surface area (Å²) in [5.41, 5.74) is 1.77. The first-order valence-electron chi connectivity index (χ1n) is 7.56. The van der Waals surface area contributed by atoms with Crippen LogP contribution >= 0.6 is 0 Å². The molecule has 1 aliphatic heterocycles. The van der Waals surface area contributed by atoms with Crippen LogP contribution in [0.25, 0.3) is 0 Å². The van der Waals surface area contributed by atoms with Crippen molar-refractivity contribution in [2.45, 2.75) is 6.54 Å². The molecular formula is C18H15N3O4. The van der Waals surface area contributed by atoms with Gasteiger partial charge in [0.25, 0.3) is 5.91 Å². The Bertz CT molecular complexity index is 846. The van der Waals surface area contributed by atoms with E-state index in [2.05, 4.69) is 5.32 Å². The SMILES string of the molecule is CN1C(=O)C(=O)N(Cc2ccc(C(=O)Nc3ccccc3)cc2)C1=O. The van der Waals surface area contributed by atoms with Crippen LogP contribution in [0.5, 0.6) is 0 Å². The quantitative estimate of drug-likeness (QED) is 0.681. The number of nitrogens with one attached hydrogen (secondary N) is 1. The zero-order valence-corrected chi connectivity index (χ0v) is 13.4. The summed E-state index contributed by atoms with van der Waals surface area (Å²) in [5.74, 6) is -1.96. The summed E-state index contributed by atoms with van der Waals surface area (Å²) in [6.45, 7) is -0.0195. The Balaban J connectivity index is 1.68. The molecule has 1 aliphatic rings. The van der Waals surface area contributed by atoms with E-state index in [1.165, 1.54) is 7.05 Å². The third-order valence-electron chi connectivity index (χ3n) is 3.84. The number of likely N-dealkylation sites (N-methyl/N-ethyl adjacent to an activating group) is 1. The Morgan fingerprint density at radius 1 is 0.920 bits per heavy atom. The number of carbonyl (C=O) groups is 4. The fourth-order valence-electron chi connectivity index (χ4n) is 2.42. The van der Waals surface area contributed by atoms with Crippen LogP contribution in [-0.2, 0) is 16.1 Å². The minimum Gasteiger partial charge on any atom is -0.322 e. The molecule has 0 saturated carbocycles. The van der Waals surface area contributed by atoms with Crippen molar-refractivity contribution >= 4 is 29.4 Å². The maximum absolute atomic E-state index is 12.2. The van der Waals surface area contributed by atoms with Crippen molar-refractivity contribution in [3.63, 3.8) is 0 Å².